The summed E-state index contributed by atoms with van der Waals surface area (Å²) in [7, 11) is 0. The van der Waals surface area contributed by atoms with Crippen molar-refractivity contribution in [3.8, 4) is 0 Å². The summed E-state index contributed by atoms with van der Waals surface area (Å²) in [6, 6.07) is 0. The molecule has 1 aromatic rings. The molecule has 0 atom stereocenters. The lowest BCUT2D eigenvalue weighted by atomic mass is 10.0. The second kappa shape index (κ2) is 3.51. The van der Waals surface area contributed by atoms with Gasteiger partial charge in [0, 0.05) is 12.6 Å². The molecule has 9 heteroatoms. The number of allylic oxidation sites excluding steroid dienone is 2. The van der Waals surface area contributed by atoms with Gasteiger partial charge in [-0.25, -0.2) is 0 Å². The van der Waals surface area contributed by atoms with Gasteiger partial charge in [-0.3, -0.25) is 9.79 Å². The van der Waals surface area contributed by atoms with Crippen LogP contribution in [0.15, 0.2) is 10.7 Å². The van der Waals surface area contributed by atoms with Crippen LogP contribution in [0.4, 0.5) is 13.2 Å². The van der Waals surface area contributed by atoms with Crippen molar-refractivity contribution in [3.05, 3.63) is 11.5 Å². The molecule has 0 saturated heterocycles. The molecule has 1 aromatic heterocycles. The van der Waals surface area contributed by atoms with Crippen LogP contribution in [0.3, 0.4) is 0 Å². The fourth-order valence-corrected chi connectivity index (χ4v) is 1.23. The van der Waals surface area contributed by atoms with E-state index in [1.807, 2.05) is 5.21 Å². The summed E-state index contributed by atoms with van der Waals surface area (Å²) in [4.78, 5) is 14.6. The molecule has 1 aliphatic heterocycles. The van der Waals surface area contributed by atoms with Gasteiger partial charge in [-0.05, 0) is 5.21 Å². The fraction of sp³-hybridized carbons (Fsp3) is 0.286. The number of tetrazole rings is 1. The number of aliphatic imine (C=N–C) groups is 1. The Morgan fingerprint density at radius 1 is 1.38 bits per heavy atom. The van der Waals surface area contributed by atoms with E-state index < -0.39 is 29.1 Å². The largest absolute Gasteiger partial charge is 0.434 e. The number of carbonyl (C=O) groups is 1. The van der Waals surface area contributed by atoms with Gasteiger partial charge >= 0.3 is 6.18 Å². The standard InChI is InChI=1S/C7H4F3N5O/c8-7(9,10)5-4(3(16)1-2-11-5)6-12-14-15-13-6/h2H,1H2,(H,12,13,14,15). The monoisotopic (exact) mass is 231 g/mol. The fourth-order valence-electron chi connectivity index (χ4n) is 1.23. The first-order valence-corrected chi connectivity index (χ1v) is 4.11. The van der Waals surface area contributed by atoms with Crippen LogP contribution in [0, 0.1) is 0 Å². The molecule has 0 spiro atoms. The molecule has 16 heavy (non-hydrogen) atoms. The van der Waals surface area contributed by atoms with E-state index >= 15 is 0 Å². The first kappa shape index (κ1) is 10.5. The first-order valence-electron chi connectivity index (χ1n) is 4.11. The maximum atomic E-state index is 12.5. The molecule has 1 N–H and O–H groups in total. The quantitative estimate of drug-likeness (QED) is 0.763. The molecule has 2 rings (SSSR count). The lowest BCUT2D eigenvalue weighted by Gasteiger charge is -2.13. The van der Waals surface area contributed by atoms with E-state index in [-0.39, 0.29) is 6.42 Å². The molecule has 0 aliphatic carbocycles. The first-order chi connectivity index (χ1) is 7.50. The zero-order valence-corrected chi connectivity index (χ0v) is 7.62. The Bertz CT molecular complexity index is 473. The van der Waals surface area contributed by atoms with Crippen molar-refractivity contribution < 1.29 is 18.0 Å². The third-order valence-electron chi connectivity index (χ3n) is 1.85. The zero-order valence-electron chi connectivity index (χ0n) is 7.62. The minimum Gasteiger partial charge on any atom is -0.294 e. The molecule has 0 saturated carbocycles. The topological polar surface area (TPSA) is 83.9 Å². The molecule has 1 aliphatic rings. The van der Waals surface area contributed by atoms with Crippen LogP contribution in [0.1, 0.15) is 12.2 Å². The van der Waals surface area contributed by atoms with E-state index in [0.29, 0.717) is 0 Å². The minimum absolute atomic E-state index is 0.205. The lowest BCUT2D eigenvalue weighted by molar-refractivity contribution is -0.114. The average molecular weight is 231 g/mol. The summed E-state index contributed by atoms with van der Waals surface area (Å²) in [5.74, 6) is -1.13. The van der Waals surface area contributed by atoms with Crippen molar-refractivity contribution in [1.82, 2.24) is 20.6 Å². The van der Waals surface area contributed by atoms with Gasteiger partial charge in [-0.1, -0.05) is 0 Å². The number of alkyl halides is 3. The Morgan fingerprint density at radius 2 is 2.12 bits per heavy atom. The maximum absolute atomic E-state index is 12.5. The molecular formula is C7H4F3N5O. The van der Waals surface area contributed by atoms with Crippen LogP contribution in [0.2, 0.25) is 0 Å². The van der Waals surface area contributed by atoms with Gasteiger partial charge in [0.2, 0.25) is 5.82 Å². The number of hydrogen-bond acceptors (Lipinski definition) is 5. The summed E-state index contributed by atoms with van der Waals surface area (Å²) in [5, 5.41) is 11.8. The van der Waals surface area contributed by atoms with Crippen molar-refractivity contribution >= 4 is 17.6 Å². The van der Waals surface area contributed by atoms with Gasteiger partial charge in [0.15, 0.2) is 11.5 Å². The van der Waals surface area contributed by atoms with E-state index in [9.17, 15) is 18.0 Å². The van der Waals surface area contributed by atoms with Gasteiger partial charge in [0.1, 0.15) is 0 Å². The number of aromatic amines is 1. The number of Topliss-reactive ketones (excluding diaryl/α,β-unsaturated/α-hetero) is 1. The van der Waals surface area contributed by atoms with Crippen LogP contribution < -0.4 is 0 Å². The highest BCUT2D eigenvalue weighted by atomic mass is 19.4. The number of rotatable bonds is 1. The van der Waals surface area contributed by atoms with Crippen molar-refractivity contribution in [2.45, 2.75) is 12.6 Å². The normalized spacial score (nSPS) is 17.1. The number of hydrogen-bond donors (Lipinski definition) is 1. The maximum Gasteiger partial charge on any atom is 0.434 e. The van der Waals surface area contributed by atoms with Gasteiger partial charge in [-0.15, -0.1) is 10.2 Å². The highest BCUT2D eigenvalue weighted by molar-refractivity contribution is 6.25. The van der Waals surface area contributed by atoms with E-state index in [2.05, 4.69) is 20.4 Å². The van der Waals surface area contributed by atoms with Crippen LogP contribution in [-0.4, -0.2) is 38.8 Å². The van der Waals surface area contributed by atoms with Crippen LogP contribution >= 0.6 is 0 Å². The Labute approximate surface area is 86.3 Å². The van der Waals surface area contributed by atoms with Gasteiger partial charge < -0.3 is 0 Å². The Morgan fingerprint density at radius 3 is 2.69 bits per heavy atom. The predicted octanol–water partition coefficient (Wildman–Crippen LogP) is 0.517. The van der Waals surface area contributed by atoms with Gasteiger partial charge in [-0.2, -0.15) is 18.4 Å². The van der Waals surface area contributed by atoms with Crippen molar-refractivity contribution in [2.75, 3.05) is 0 Å². The number of aromatic nitrogens is 4. The SMILES string of the molecule is O=C1CC=NC(C(F)(F)F)=C1c1nn[nH]n1. The second-order valence-corrected chi connectivity index (χ2v) is 2.90. The van der Waals surface area contributed by atoms with Gasteiger partial charge in [0.25, 0.3) is 0 Å². The molecule has 0 radical (unpaired) electrons. The highest BCUT2D eigenvalue weighted by Gasteiger charge is 2.41. The van der Waals surface area contributed by atoms with E-state index in [1.165, 1.54) is 0 Å². The number of H-pyrrole nitrogens is 1. The third-order valence-corrected chi connectivity index (χ3v) is 1.85. The smallest absolute Gasteiger partial charge is 0.294 e. The molecule has 0 fully saturated rings. The molecule has 84 valence electrons. The molecule has 0 aromatic carbocycles. The van der Waals surface area contributed by atoms with E-state index in [4.69, 9.17) is 0 Å². The Balaban J connectivity index is 2.61. The molecule has 6 nitrogen and oxygen atoms in total. The summed E-state index contributed by atoms with van der Waals surface area (Å²) in [5.41, 5.74) is -1.94. The number of ketones is 1. The van der Waals surface area contributed by atoms with Crippen LogP contribution in [0.5, 0.6) is 0 Å². The molecule has 2 heterocycles. The van der Waals surface area contributed by atoms with E-state index in [1.54, 1.807) is 0 Å². The Kier molecular flexibility index (Phi) is 2.29. The summed E-state index contributed by atoms with van der Waals surface area (Å²) >= 11 is 0. The number of nitrogens with zero attached hydrogens (tertiary/aromatic N) is 4. The van der Waals surface area contributed by atoms with Gasteiger partial charge in [0.05, 0.1) is 5.57 Å². The number of carbonyl (C=O) groups excluding carboxylic acids is 1. The molecule has 0 unspecified atom stereocenters. The van der Waals surface area contributed by atoms with Crippen molar-refractivity contribution in [2.24, 2.45) is 4.99 Å². The third kappa shape index (κ3) is 1.71. The second-order valence-electron chi connectivity index (χ2n) is 2.90. The van der Waals surface area contributed by atoms with Crippen LogP contribution in [0.25, 0.3) is 5.57 Å². The molecule has 0 amide bonds. The van der Waals surface area contributed by atoms with Crippen molar-refractivity contribution in [1.29, 1.82) is 0 Å². The highest BCUT2D eigenvalue weighted by Crippen LogP contribution is 2.34. The predicted molar refractivity (Wildman–Crippen MR) is 45.3 cm³/mol. The number of halogens is 3. The summed E-state index contributed by atoms with van der Waals surface area (Å²) in [6.45, 7) is 0. The summed E-state index contributed by atoms with van der Waals surface area (Å²) in [6.07, 6.45) is -4.01. The molecule has 0 bridgehead atoms. The average Bonchev–Trinajstić information content (AvgIpc) is 2.68. The van der Waals surface area contributed by atoms with Crippen molar-refractivity contribution in [3.63, 3.8) is 0 Å². The van der Waals surface area contributed by atoms with E-state index in [0.717, 1.165) is 6.21 Å². The number of nitrogens with one attached hydrogen (secondary N) is 1. The van der Waals surface area contributed by atoms with Crippen LogP contribution in [-0.2, 0) is 4.79 Å². The zero-order chi connectivity index (χ0) is 11.8. The Hall–Kier alpha value is -2.06. The lowest BCUT2D eigenvalue weighted by Crippen LogP contribution is -2.20. The summed E-state index contributed by atoms with van der Waals surface area (Å²) < 4.78 is 37.6. The minimum atomic E-state index is -4.72. The molecular weight excluding hydrogens is 227 g/mol.